The lowest BCUT2D eigenvalue weighted by molar-refractivity contribution is -0.130. The van der Waals surface area contributed by atoms with E-state index in [0.29, 0.717) is 0 Å². The second-order valence-electron chi connectivity index (χ2n) is 5.41. The van der Waals surface area contributed by atoms with Crippen molar-refractivity contribution >= 4 is 17.6 Å². The first-order valence-electron chi connectivity index (χ1n) is 7.20. The third-order valence-corrected chi connectivity index (χ3v) is 4.03. The number of hydrogen-bond acceptors (Lipinski definition) is 5. The van der Waals surface area contributed by atoms with E-state index in [1.807, 2.05) is 30.3 Å². The summed E-state index contributed by atoms with van der Waals surface area (Å²) >= 11 is 0. The third-order valence-electron chi connectivity index (χ3n) is 4.03. The molecule has 1 heterocycles. The van der Waals surface area contributed by atoms with Gasteiger partial charge in [-0.25, -0.2) is 0 Å². The van der Waals surface area contributed by atoms with Crippen molar-refractivity contribution in [1.29, 1.82) is 0 Å². The van der Waals surface area contributed by atoms with Gasteiger partial charge in [0.15, 0.2) is 0 Å². The zero-order chi connectivity index (χ0) is 16.6. The lowest BCUT2D eigenvalue weighted by Gasteiger charge is -2.19. The van der Waals surface area contributed by atoms with Gasteiger partial charge in [-0.3, -0.25) is 9.59 Å². The van der Waals surface area contributed by atoms with Crippen molar-refractivity contribution in [3.05, 3.63) is 65.1 Å². The van der Waals surface area contributed by atoms with E-state index in [2.05, 4.69) is 0 Å². The number of aliphatic hydroxyl groups is 1. The SMILES string of the molecule is COC1=CC(=O)C2(OC2C)C(=O)/C1=C(O)\C=C\c1ccccc1. The lowest BCUT2D eigenvalue weighted by atomic mass is 9.83. The first-order chi connectivity index (χ1) is 11.0. The van der Waals surface area contributed by atoms with E-state index in [1.54, 1.807) is 13.0 Å². The quantitative estimate of drug-likeness (QED) is 0.401. The van der Waals surface area contributed by atoms with E-state index in [1.165, 1.54) is 19.3 Å². The van der Waals surface area contributed by atoms with Gasteiger partial charge in [0.2, 0.25) is 17.2 Å². The largest absolute Gasteiger partial charge is 0.507 e. The molecule has 118 valence electrons. The molecule has 1 fully saturated rings. The van der Waals surface area contributed by atoms with Gasteiger partial charge in [0.25, 0.3) is 0 Å². The van der Waals surface area contributed by atoms with E-state index >= 15 is 0 Å². The molecule has 5 nitrogen and oxygen atoms in total. The zero-order valence-electron chi connectivity index (χ0n) is 12.8. The predicted molar refractivity (Wildman–Crippen MR) is 83.5 cm³/mol. The van der Waals surface area contributed by atoms with E-state index in [0.717, 1.165) is 5.56 Å². The summed E-state index contributed by atoms with van der Waals surface area (Å²) in [5.74, 6) is -1.23. The van der Waals surface area contributed by atoms with Gasteiger partial charge in [0.1, 0.15) is 23.2 Å². The molecule has 0 amide bonds. The van der Waals surface area contributed by atoms with Crippen LogP contribution in [0, 0.1) is 0 Å². The Morgan fingerprint density at radius 2 is 1.96 bits per heavy atom. The van der Waals surface area contributed by atoms with Gasteiger partial charge in [-0.2, -0.15) is 0 Å². The molecule has 1 aliphatic carbocycles. The van der Waals surface area contributed by atoms with E-state index < -0.39 is 23.3 Å². The molecule has 1 aromatic carbocycles. The molecule has 1 aliphatic heterocycles. The highest BCUT2D eigenvalue weighted by atomic mass is 16.6. The molecular formula is C18H16O5. The Bertz CT molecular complexity index is 757. The van der Waals surface area contributed by atoms with E-state index in [9.17, 15) is 14.7 Å². The number of aliphatic hydroxyl groups excluding tert-OH is 1. The smallest absolute Gasteiger partial charge is 0.219 e. The minimum atomic E-state index is -1.49. The summed E-state index contributed by atoms with van der Waals surface area (Å²) in [4.78, 5) is 24.7. The number of Topliss-reactive ketones (excluding diaryl/α,β-unsaturated/α-hetero) is 1. The molecule has 2 unspecified atom stereocenters. The van der Waals surface area contributed by atoms with Crippen LogP contribution in [0.15, 0.2) is 59.6 Å². The lowest BCUT2D eigenvalue weighted by Crippen LogP contribution is -2.41. The van der Waals surface area contributed by atoms with Crippen LogP contribution < -0.4 is 0 Å². The molecule has 2 aliphatic rings. The van der Waals surface area contributed by atoms with Crippen molar-refractivity contribution in [2.45, 2.75) is 18.6 Å². The van der Waals surface area contributed by atoms with Crippen LogP contribution >= 0.6 is 0 Å². The van der Waals surface area contributed by atoms with Crippen LogP contribution in [0.1, 0.15) is 12.5 Å². The maximum Gasteiger partial charge on any atom is 0.219 e. The number of rotatable bonds is 3. The number of carbonyl (C=O) groups excluding carboxylic acids is 2. The van der Waals surface area contributed by atoms with Gasteiger partial charge >= 0.3 is 0 Å². The molecule has 1 N–H and O–H groups in total. The highest BCUT2D eigenvalue weighted by Crippen LogP contribution is 2.45. The van der Waals surface area contributed by atoms with Crippen LogP contribution in [0.25, 0.3) is 6.08 Å². The summed E-state index contributed by atoms with van der Waals surface area (Å²) in [6.45, 7) is 1.65. The molecule has 1 saturated heterocycles. The molecule has 0 bridgehead atoms. The van der Waals surface area contributed by atoms with Gasteiger partial charge in [0.05, 0.1) is 7.11 Å². The van der Waals surface area contributed by atoms with E-state index in [-0.39, 0.29) is 17.1 Å². The van der Waals surface area contributed by atoms with Crippen molar-refractivity contribution in [2.75, 3.05) is 7.11 Å². The Labute approximate surface area is 133 Å². The molecule has 3 rings (SSSR count). The van der Waals surface area contributed by atoms with Gasteiger partial charge in [-0.1, -0.05) is 36.4 Å². The monoisotopic (exact) mass is 312 g/mol. The highest BCUT2D eigenvalue weighted by Gasteiger charge is 2.67. The fourth-order valence-electron chi connectivity index (χ4n) is 2.68. The summed E-state index contributed by atoms with van der Waals surface area (Å²) in [5.41, 5.74) is -0.664. The summed E-state index contributed by atoms with van der Waals surface area (Å²) < 4.78 is 10.3. The summed E-state index contributed by atoms with van der Waals surface area (Å²) in [6, 6.07) is 9.34. The van der Waals surface area contributed by atoms with E-state index in [4.69, 9.17) is 9.47 Å². The average Bonchev–Trinajstić information content (AvgIpc) is 3.24. The molecule has 2 atom stereocenters. The maximum atomic E-state index is 12.6. The van der Waals surface area contributed by atoms with Gasteiger partial charge in [0, 0.05) is 6.08 Å². The number of carbonyl (C=O) groups is 2. The van der Waals surface area contributed by atoms with Crippen LogP contribution in [0.3, 0.4) is 0 Å². The van der Waals surface area contributed by atoms with Crippen molar-refractivity contribution < 1.29 is 24.2 Å². The molecule has 0 aromatic heterocycles. The van der Waals surface area contributed by atoms with Gasteiger partial charge in [-0.05, 0) is 18.6 Å². The van der Waals surface area contributed by atoms with Crippen molar-refractivity contribution in [2.24, 2.45) is 0 Å². The average molecular weight is 312 g/mol. The van der Waals surface area contributed by atoms with Crippen molar-refractivity contribution in [1.82, 2.24) is 0 Å². The summed E-state index contributed by atoms with van der Waals surface area (Å²) in [5, 5.41) is 10.3. The van der Waals surface area contributed by atoms with Crippen molar-refractivity contribution in [3.8, 4) is 0 Å². The predicted octanol–water partition coefficient (Wildman–Crippen LogP) is 2.35. The summed E-state index contributed by atoms with van der Waals surface area (Å²) in [6.07, 6.45) is 3.78. The fraction of sp³-hybridized carbons (Fsp3) is 0.222. The molecule has 5 heteroatoms. The van der Waals surface area contributed by atoms with Crippen LogP contribution in [0.2, 0.25) is 0 Å². The Kier molecular flexibility index (Phi) is 3.66. The maximum absolute atomic E-state index is 12.6. The first-order valence-corrected chi connectivity index (χ1v) is 7.20. The molecule has 1 aromatic rings. The van der Waals surface area contributed by atoms with Gasteiger partial charge in [-0.15, -0.1) is 0 Å². The zero-order valence-corrected chi connectivity index (χ0v) is 12.8. The topological polar surface area (TPSA) is 76.1 Å². The van der Waals surface area contributed by atoms with Crippen LogP contribution in [0.5, 0.6) is 0 Å². The van der Waals surface area contributed by atoms with Crippen LogP contribution in [-0.2, 0) is 19.1 Å². The van der Waals surface area contributed by atoms with Gasteiger partial charge < -0.3 is 14.6 Å². The molecule has 0 saturated carbocycles. The highest BCUT2D eigenvalue weighted by molar-refractivity contribution is 6.27. The number of hydrogen-bond donors (Lipinski definition) is 1. The minimum Gasteiger partial charge on any atom is -0.507 e. The summed E-state index contributed by atoms with van der Waals surface area (Å²) in [7, 11) is 1.34. The fourth-order valence-corrected chi connectivity index (χ4v) is 2.68. The Morgan fingerprint density at radius 3 is 2.52 bits per heavy atom. The third kappa shape index (κ3) is 2.39. The van der Waals surface area contributed by atoms with Crippen LogP contribution in [0.4, 0.5) is 0 Å². The Hall–Kier alpha value is -2.66. The molecule has 1 spiro atoms. The van der Waals surface area contributed by atoms with Crippen molar-refractivity contribution in [3.63, 3.8) is 0 Å². The number of benzene rings is 1. The first kappa shape index (κ1) is 15.2. The Morgan fingerprint density at radius 1 is 1.30 bits per heavy atom. The second-order valence-corrected chi connectivity index (χ2v) is 5.41. The number of ether oxygens (including phenoxy) is 2. The number of allylic oxidation sites excluding steroid dienone is 2. The molecule has 0 radical (unpaired) electrons. The van der Waals surface area contributed by atoms with Crippen LogP contribution in [-0.4, -0.2) is 35.5 Å². The standard InChI is InChI=1S/C18H16O5/c1-11-18(23-11)15(20)10-14(22-2)16(17(18)21)13(19)9-8-12-6-4-3-5-7-12/h3-11,19H,1-2H3/b9-8+,16-13+. The molecule has 23 heavy (non-hydrogen) atoms. The number of ketones is 2. The number of methoxy groups -OCH3 is 1. The second kappa shape index (κ2) is 5.52. The minimum absolute atomic E-state index is 0.0383. The Balaban J connectivity index is 2.01. The normalized spacial score (nSPS) is 29.0. The number of epoxide rings is 1. The molecular weight excluding hydrogens is 296 g/mol.